The molecule has 5 nitrogen and oxygen atoms in total. The molecular formula is C20H19BrClN3O2. The Morgan fingerprint density at radius 3 is 2.44 bits per heavy atom. The summed E-state index contributed by atoms with van der Waals surface area (Å²) in [5, 5.41) is 10.1. The number of ether oxygens (including phenoxy) is 1. The van der Waals surface area contributed by atoms with Crippen molar-refractivity contribution < 1.29 is 9.53 Å². The van der Waals surface area contributed by atoms with Gasteiger partial charge in [-0.3, -0.25) is 9.69 Å². The number of amides is 1. The molecule has 7 heteroatoms. The first-order chi connectivity index (χ1) is 13.0. The summed E-state index contributed by atoms with van der Waals surface area (Å²) in [6.07, 6.45) is 0. The molecule has 1 aliphatic rings. The minimum absolute atomic E-state index is 0.0843. The van der Waals surface area contributed by atoms with Crippen molar-refractivity contribution in [3.05, 3.63) is 63.1 Å². The van der Waals surface area contributed by atoms with E-state index in [4.69, 9.17) is 16.3 Å². The second kappa shape index (κ2) is 8.75. The maximum absolute atomic E-state index is 12.8. The smallest absolute Gasteiger partial charge is 0.255 e. The third-order valence-corrected chi connectivity index (χ3v) is 5.50. The average Bonchev–Trinajstić information content (AvgIpc) is 2.71. The van der Waals surface area contributed by atoms with E-state index in [1.807, 2.05) is 30.3 Å². The maximum Gasteiger partial charge on any atom is 0.255 e. The van der Waals surface area contributed by atoms with Crippen LogP contribution in [0.5, 0.6) is 5.75 Å². The van der Waals surface area contributed by atoms with E-state index in [2.05, 4.69) is 26.9 Å². The van der Waals surface area contributed by atoms with Gasteiger partial charge in [0.1, 0.15) is 11.8 Å². The Balaban J connectivity index is 1.67. The predicted octanol–water partition coefficient (Wildman–Crippen LogP) is 4.13. The van der Waals surface area contributed by atoms with Gasteiger partial charge in [0.05, 0.1) is 23.8 Å². The molecule has 2 aromatic carbocycles. The number of carbonyl (C=O) groups excluding carboxylic acids is 1. The number of halogens is 2. The Hall–Kier alpha value is -2.07. The first-order valence-electron chi connectivity index (χ1n) is 8.55. The SMILES string of the molecule is COc1ccc(C(C#N)N2CCN(C(=O)c3cc(Br)ccc3Cl)CC2)cc1. The summed E-state index contributed by atoms with van der Waals surface area (Å²) < 4.78 is 5.99. The van der Waals surface area contributed by atoms with Gasteiger partial charge in [-0.1, -0.05) is 39.7 Å². The Morgan fingerprint density at radius 1 is 1.19 bits per heavy atom. The highest BCUT2D eigenvalue weighted by Crippen LogP contribution is 2.26. The van der Waals surface area contributed by atoms with Gasteiger partial charge in [0.25, 0.3) is 5.91 Å². The minimum atomic E-state index is -0.345. The maximum atomic E-state index is 12.8. The molecule has 1 amide bonds. The number of piperazine rings is 1. The topological polar surface area (TPSA) is 56.6 Å². The summed E-state index contributed by atoms with van der Waals surface area (Å²) in [5.41, 5.74) is 1.42. The van der Waals surface area contributed by atoms with Crippen molar-refractivity contribution in [2.75, 3.05) is 33.3 Å². The number of rotatable bonds is 4. The number of benzene rings is 2. The quantitative estimate of drug-likeness (QED) is 0.705. The molecule has 140 valence electrons. The normalized spacial score (nSPS) is 15.9. The average molecular weight is 449 g/mol. The summed E-state index contributed by atoms with van der Waals surface area (Å²) >= 11 is 9.56. The van der Waals surface area contributed by atoms with Gasteiger partial charge in [0.2, 0.25) is 0 Å². The molecule has 1 saturated heterocycles. The van der Waals surface area contributed by atoms with Crippen molar-refractivity contribution >= 4 is 33.4 Å². The second-order valence-corrected chi connectivity index (χ2v) is 7.58. The molecule has 0 aliphatic carbocycles. The van der Waals surface area contributed by atoms with E-state index >= 15 is 0 Å². The largest absolute Gasteiger partial charge is 0.497 e. The van der Waals surface area contributed by atoms with Gasteiger partial charge in [0, 0.05) is 30.7 Å². The molecule has 2 aromatic rings. The molecule has 1 fully saturated rings. The molecule has 0 aromatic heterocycles. The van der Waals surface area contributed by atoms with E-state index < -0.39 is 0 Å². The van der Waals surface area contributed by atoms with Crippen molar-refractivity contribution in [2.24, 2.45) is 0 Å². The second-order valence-electron chi connectivity index (χ2n) is 6.26. The Bertz CT molecular complexity index is 859. The number of hydrogen-bond acceptors (Lipinski definition) is 4. The summed E-state index contributed by atoms with van der Waals surface area (Å²) in [6, 6.07) is 14.8. The summed E-state index contributed by atoms with van der Waals surface area (Å²) in [6.45, 7) is 2.36. The lowest BCUT2D eigenvalue weighted by Crippen LogP contribution is -2.49. The standard InChI is InChI=1S/C20H19BrClN3O2/c1-27-16-5-2-14(3-6-16)19(13-23)24-8-10-25(11-9-24)20(26)17-12-15(21)4-7-18(17)22/h2-7,12,19H,8-11H2,1H3. The van der Waals surface area contributed by atoms with E-state index in [0.717, 1.165) is 15.8 Å². The molecule has 0 radical (unpaired) electrons. The van der Waals surface area contributed by atoms with Crippen LogP contribution in [-0.2, 0) is 0 Å². The fourth-order valence-corrected chi connectivity index (χ4v) is 3.73. The first kappa shape index (κ1) is 19.7. The van der Waals surface area contributed by atoms with E-state index in [1.54, 1.807) is 24.1 Å². The number of nitrogens with zero attached hydrogens (tertiary/aromatic N) is 3. The number of carbonyl (C=O) groups is 1. The highest BCUT2D eigenvalue weighted by Gasteiger charge is 2.28. The van der Waals surface area contributed by atoms with E-state index in [9.17, 15) is 10.1 Å². The molecule has 1 unspecified atom stereocenters. The van der Waals surface area contributed by atoms with Gasteiger partial charge in [-0.15, -0.1) is 0 Å². The Kier molecular flexibility index (Phi) is 6.38. The molecule has 0 spiro atoms. The van der Waals surface area contributed by atoms with Crippen molar-refractivity contribution in [1.82, 2.24) is 9.80 Å². The van der Waals surface area contributed by atoms with Gasteiger partial charge < -0.3 is 9.64 Å². The molecule has 1 atom stereocenters. The number of methoxy groups -OCH3 is 1. The van der Waals surface area contributed by atoms with Gasteiger partial charge in [0.15, 0.2) is 0 Å². The van der Waals surface area contributed by atoms with Crippen LogP contribution < -0.4 is 4.74 Å². The fourth-order valence-electron chi connectivity index (χ4n) is 3.17. The highest BCUT2D eigenvalue weighted by atomic mass is 79.9. The lowest BCUT2D eigenvalue weighted by Gasteiger charge is -2.37. The van der Waals surface area contributed by atoms with Crippen LogP contribution in [0, 0.1) is 11.3 Å². The van der Waals surface area contributed by atoms with Crippen LogP contribution >= 0.6 is 27.5 Å². The van der Waals surface area contributed by atoms with E-state index in [-0.39, 0.29) is 11.9 Å². The summed E-state index contributed by atoms with van der Waals surface area (Å²) in [5.74, 6) is 0.677. The minimum Gasteiger partial charge on any atom is -0.497 e. The van der Waals surface area contributed by atoms with E-state index in [1.165, 1.54) is 0 Å². The zero-order valence-electron chi connectivity index (χ0n) is 14.9. The predicted molar refractivity (Wildman–Crippen MR) is 108 cm³/mol. The van der Waals surface area contributed by atoms with Gasteiger partial charge in [-0.25, -0.2) is 0 Å². The zero-order chi connectivity index (χ0) is 19.4. The van der Waals surface area contributed by atoms with Crippen molar-refractivity contribution in [2.45, 2.75) is 6.04 Å². The van der Waals surface area contributed by atoms with Gasteiger partial charge >= 0.3 is 0 Å². The van der Waals surface area contributed by atoms with Crippen LogP contribution in [0.25, 0.3) is 0 Å². The molecule has 3 rings (SSSR count). The molecule has 0 bridgehead atoms. The zero-order valence-corrected chi connectivity index (χ0v) is 17.2. The van der Waals surface area contributed by atoms with E-state index in [0.29, 0.717) is 36.8 Å². The molecule has 1 aliphatic heterocycles. The Morgan fingerprint density at radius 2 is 1.85 bits per heavy atom. The number of nitriles is 1. The monoisotopic (exact) mass is 447 g/mol. The van der Waals surface area contributed by atoms with Crippen LogP contribution in [0.15, 0.2) is 46.9 Å². The molecule has 27 heavy (non-hydrogen) atoms. The fraction of sp³-hybridized carbons (Fsp3) is 0.300. The lowest BCUT2D eigenvalue weighted by atomic mass is 10.1. The third-order valence-electron chi connectivity index (χ3n) is 4.68. The van der Waals surface area contributed by atoms with Crippen LogP contribution in [-0.4, -0.2) is 49.0 Å². The molecular weight excluding hydrogens is 430 g/mol. The highest BCUT2D eigenvalue weighted by molar-refractivity contribution is 9.10. The van der Waals surface area contributed by atoms with Crippen LogP contribution in [0.3, 0.4) is 0 Å². The molecule has 1 heterocycles. The third kappa shape index (κ3) is 4.44. The summed E-state index contributed by atoms with van der Waals surface area (Å²) in [4.78, 5) is 16.7. The molecule has 0 saturated carbocycles. The van der Waals surface area contributed by atoms with Gasteiger partial charge in [-0.05, 0) is 35.9 Å². The van der Waals surface area contributed by atoms with Gasteiger partial charge in [-0.2, -0.15) is 5.26 Å². The first-order valence-corrected chi connectivity index (χ1v) is 9.72. The van der Waals surface area contributed by atoms with Crippen LogP contribution in [0.1, 0.15) is 22.0 Å². The van der Waals surface area contributed by atoms with Crippen molar-refractivity contribution in [3.63, 3.8) is 0 Å². The molecule has 0 N–H and O–H groups in total. The van der Waals surface area contributed by atoms with Crippen molar-refractivity contribution in [1.29, 1.82) is 5.26 Å². The van der Waals surface area contributed by atoms with Crippen LogP contribution in [0.4, 0.5) is 0 Å². The lowest BCUT2D eigenvalue weighted by molar-refractivity contribution is 0.0606. The Labute approximate surface area is 172 Å². The number of hydrogen-bond donors (Lipinski definition) is 0. The summed E-state index contributed by atoms with van der Waals surface area (Å²) in [7, 11) is 1.62. The van der Waals surface area contributed by atoms with Crippen LogP contribution in [0.2, 0.25) is 5.02 Å². The van der Waals surface area contributed by atoms with Crippen molar-refractivity contribution in [3.8, 4) is 11.8 Å².